The lowest BCUT2D eigenvalue weighted by atomic mass is 10.2. The first-order chi connectivity index (χ1) is 14.0. The van der Waals surface area contributed by atoms with Crippen molar-refractivity contribution < 1.29 is 23.8 Å². The van der Waals surface area contributed by atoms with E-state index in [0.717, 1.165) is 11.3 Å². The molecule has 0 aliphatic carbocycles. The van der Waals surface area contributed by atoms with Crippen LogP contribution in [-0.4, -0.2) is 24.2 Å². The van der Waals surface area contributed by atoms with Crippen molar-refractivity contribution in [1.82, 2.24) is 5.32 Å². The molecular weight excluding hydrogens is 375 g/mol. The Morgan fingerprint density at radius 2 is 1.83 bits per heavy atom. The number of nitrogens with two attached hydrogens (primary N) is 1. The third kappa shape index (κ3) is 5.70. The van der Waals surface area contributed by atoms with Crippen LogP contribution in [0.1, 0.15) is 15.9 Å². The average molecular weight is 396 g/mol. The van der Waals surface area contributed by atoms with E-state index < -0.39 is 11.7 Å². The van der Waals surface area contributed by atoms with Gasteiger partial charge in [-0.05, 0) is 42.0 Å². The molecule has 0 unspecified atom stereocenters. The van der Waals surface area contributed by atoms with Crippen LogP contribution in [0, 0.1) is 5.82 Å². The topological polar surface area (TPSA) is 93.8 Å². The molecule has 0 fully saturated rings. The Kier molecular flexibility index (Phi) is 6.65. The number of nitrogens with one attached hydrogen (secondary N) is 1. The maximum Gasteiger partial charge on any atom is 0.252 e. The number of ether oxygens (including phenoxy) is 2. The molecule has 3 rings (SSSR count). The lowest BCUT2D eigenvalue weighted by Crippen LogP contribution is -2.20. The maximum absolute atomic E-state index is 14.3. The molecule has 150 valence electrons. The number of primary amides is 1. The lowest BCUT2D eigenvalue weighted by molar-refractivity contribution is 0.0997. The van der Waals surface area contributed by atoms with Crippen LogP contribution in [0.3, 0.4) is 0 Å². The highest BCUT2D eigenvalue weighted by Gasteiger charge is 2.11. The molecule has 3 aromatic rings. The van der Waals surface area contributed by atoms with Gasteiger partial charge < -0.3 is 25.6 Å². The minimum Gasteiger partial charge on any atom is -0.507 e. The van der Waals surface area contributed by atoms with Gasteiger partial charge in [-0.3, -0.25) is 4.79 Å². The van der Waals surface area contributed by atoms with E-state index in [4.69, 9.17) is 15.2 Å². The molecule has 0 aliphatic heterocycles. The molecule has 0 atom stereocenters. The molecule has 29 heavy (non-hydrogen) atoms. The Morgan fingerprint density at radius 3 is 2.52 bits per heavy atom. The number of rotatable bonds is 9. The second kappa shape index (κ2) is 9.57. The molecule has 0 bridgehead atoms. The zero-order chi connectivity index (χ0) is 20.6. The summed E-state index contributed by atoms with van der Waals surface area (Å²) >= 11 is 0. The highest BCUT2D eigenvalue weighted by Crippen LogP contribution is 2.29. The van der Waals surface area contributed by atoms with Crippen LogP contribution in [0.5, 0.6) is 23.0 Å². The zero-order valence-corrected chi connectivity index (χ0v) is 15.6. The van der Waals surface area contributed by atoms with Gasteiger partial charge in [0.1, 0.15) is 23.9 Å². The second-order valence-electron chi connectivity index (χ2n) is 6.25. The first kappa shape index (κ1) is 20.2. The van der Waals surface area contributed by atoms with E-state index in [9.17, 15) is 14.3 Å². The average Bonchev–Trinajstić information content (AvgIpc) is 2.70. The standard InChI is InChI=1S/C22H21FN2O4/c23-19-12-15(14-25-10-11-28-16-4-2-1-3-5-16)6-9-21(19)29-17-7-8-18(22(24)27)20(26)13-17/h1-9,12-13,25-26H,10-11,14H2,(H2,24,27). The lowest BCUT2D eigenvalue weighted by Gasteiger charge is -2.11. The van der Waals surface area contributed by atoms with E-state index in [-0.39, 0.29) is 22.8 Å². The van der Waals surface area contributed by atoms with Crippen molar-refractivity contribution in [2.45, 2.75) is 6.54 Å². The molecule has 0 spiro atoms. The van der Waals surface area contributed by atoms with Gasteiger partial charge in [0.25, 0.3) is 5.91 Å². The highest BCUT2D eigenvalue weighted by atomic mass is 19.1. The summed E-state index contributed by atoms with van der Waals surface area (Å²) < 4.78 is 25.4. The van der Waals surface area contributed by atoms with Gasteiger partial charge >= 0.3 is 0 Å². The molecule has 3 aromatic carbocycles. The zero-order valence-electron chi connectivity index (χ0n) is 15.6. The van der Waals surface area contributed by atoms with Gasteiger partial charge in [0.05, 0.1) is 5.56 Å². The highest BCUT2D eigenvalue weighted by molar-refractivity contribution is 5.95. The summed E-state index contributed by atoms with van der Waals surface area (Å²) in [6, 6.07) is 18.1. The number of hydrogen-bond donors (Lipinski definition) is 3. The number of aromatic hydroxyl groups is 1. The van der Waals surface area contributed by atoms with Crippen molar-refractivity contribution in [2.24, 2.45) is 5.73 Å². The largest absolute Gasteiger partial charge is 0.507 e. The fourth-order valence-electron chi connectivity index (χ4n) is 2.64. The molecule has 1 amide bonds. The quantitative estimate of drug-likeness (QED) is 0.481. The van der Waals surface area contributed by atoms with Crippen LogP contribution in [-0.2, 0) is 6.54 Å². The second-order valence-corrected chi connectivity index (χ2v) is 6.25. The fourth-order valence-corrected chi connectivity index (χ4v) is 2.64. The monoisotopic (exact) mass is 396 g/mol. The van der Waals surface area contributed by atoms with Crippen molar-refractivity contribution in [3.63, 3.8) is 0 Å². The van der Waals surface area contributed by atoms with Crippen molar-refractivity contribution in [1.29, 1.82) is 0 Å². The third-order valence-corrected chi connectivity index (χ3v) is 4.08. The van der Waals surface area contributed by atoms with Gasteiger partial charge in [-0.2, -0.15) is 0 Å². The van der Waals surface area contributed by atoms with E-state index in [1.54, 1.807) is 6.07 Å². The number of amides is 1. The van der Waals surface area contributed by atoms with Gasteiger partial charge in [-0.1, -0.05) is 24.3 Å². The summed E-state index contributed by atoms with van der Waals surface area (Å²) in [6.45, 7) is 1.59. The van der Waals surface area contributed by atoms with Crippen LogP contribution < -0.4 is 20.5 Å². The molecule has 0 saturated carbocycles. The van der Waals surface area contributed by atoms with Gasteiger partial charge in [-0.25, -0.2) is 4.39 Å². The number of phenols is 1. The number of carbonyl (C=O) groups excluding carboxylic acids is 1. The predicted molar refractivity (Wildman–Crippen MR) is 107 cm³/mol. The molecule has 0 radical (unpaired) electrons. The number of carbonyl (C=O) groups is 1. The number of benzene rings is 3. The van der Waals surface area contributed by atoms with Gasteiger partial charge in [0, 0.05) is 19.2 Å². The molecular formula is C22H21FN2O4. The number of para-hydroxylation sites is 1. The molecule has 0 heterocycles. The molecule has 0 saturated heterocycles. The summed E-state index contributed by atoms with van der Waals surface area (Å²) in [5.74, 6) is -0.622. The van der Waals surface area contributed by atoms with Crippen molar-refractivity contribution in [2.75, 3.05) is 13.2 Å². The summed E-state index contributed by atoms with van der Waals surface area (Å²) in [4.78, 5) is 11.1. The minimum absolute atomic E-state index is 0.00684. The Balaban J connectivity index is 1.51. The van der Waals surface area contributed by atoms with E-state index in [2.05, 4.69) is 5.32 Å². The number of hydrogen-bond acceptors (Lipinski definition) is 5. The Labute approximate surface area is 167 Å². The van der Waals surface area contributed by atoms with Crippen molar-refractivity contribution in [3.05, 3.63) is 83.7 Å². The predicted octanol–water partition coefficient (Wildman–Crippen LogP) is 3.59. The van der Waals surface area contributed by atoms with Gasteiger partial charge in [-0.15, -0.1) is 0 Å². The summed E-state index contributed by atoms with van der Waals surface area (Å²) in [5.41, 5.74) is 5.85. The van der Waals surface area contributed by atoms with Crippen LogP contribution >= 0.6 is 0 Å². The summed E-state index contributed by atoms with van der Waals surface area (Å²) in [5, 5.41) is 13.0. The first-order valence-electron chi connectivity index (χ1n) is 9.00. The Morgan fingerprint density at radius 1 is 1.03 bits per heavy atom. The van der Waals surface area contributed by atoms with E-state index >= 15 is 0 Å². The summed E-state index contributed by atoms with van der Waals surface area (Å²) in [7, 11) is 0. The van der Waals surface area contributed by atoms with E-state index in [1.165, 1.54) is 30.3 Å². The fraction of sp³-hybridized carbons (Fsp3) is 0.136. The number of halogens is 1. The first-order valence-corrected chi connectivity index (χ1v) is 9.00. The molecule has 0 aliphatic rings. The molecule has 6 nitrogen and oxygen atoms in total. The van der Waals surface area contributed by atoms with Crippen molar-refractivity contribution >= 4 is 5.91 Å². The molecule has 4 N–H and O–H groups in total. The smallest absolute Gasteiger partial charge is 0.252 e. The van der Waals surface area contributed by atoms with Gasteiger partial charge in [0.15, 0.2) is 11.6 Å². The van der Waals surface area contributed by atoms with Gasteiger partial charge in [0.2, 0.25) is 0 Å². The Hall–Kier alpha value is -3.58. The molecule has 7 heteroatoms. The normalized spacial score (nSPS) is 10.5. The SMILES string of the molecule is NC(=O)c1ccc(Oc2ccc(CNCCOc3ccccc3)cc2F)cc1O. The van der Waals surface area contributed by atoms with E-state index in [1.807, 2.05) is 30.3 Å². The van der Waals surface area contributed by atoms with Crippen LogP contribution in [0.25, 0.3) is 0 Å². The van der Waals surface area contributed by atoms with Crippen LogP contribution in [0.15, 0.2) is 66.7 Å². The minimum atomic E-state index is -0.758. The van der Waals surface area contributed by atoms with Crippen LogP contribution in [0.2, 0.25) is 0 Å². The van der Waals surface area contributed by atoms with E-state index in [0.29, 0.717) is 19.7 Å². The third-order valence-electron chi connectivity index (χ3n) is 4.08. The molecule has 0 aromatic heterocycles. The van der Waals surface area contributed by atoms with Crippen LogP contribution in [0.4, 0.5) is 4.39 Å². The Bertz CT molecular complexity index is 980. The maximum atomic E-state index is 14.3. The van der Waals surface area contributed by atoms with Crippen molar-refractivity contribution in [3.8, 4) is 23.0 Å². The summed E-state index contributed by atoms with van der Waals surface area (Å²) in [6.07, 6.45) is 0.